The molecule has 0 unspecified atom stereocenters. The van der Waals surface area contributed by atoms with Crippen LogP contribution in [-0.4, -0.2) is 23.8 Å². The SMILES string of the molecule is CCOC(=O)c1ccc(-c2ccc(/C=N\Nc3oc(-c4ccc(C)cc4)nc3C#N)o2)cc1. The van der Waals surface area contributed by atoms with Crippen molar-refractivity contribution in [2.24, 2.45) is 5.10 Å². The summed E-state index contributed by atoms with van der Waals surface area (Å²) in [6.07, 6.45) is 1.46. The molecule has 8 heteroatoms. The van der Waals surface area contributed by atoms with Crippen molar-refractivity contribution >= 4 is 18.1 Å². The number of hydrazone groups is 1. The molecule has 8 nitrogen and oxygen atoms in total. The van der Waals surface area contributed by atoms with Crippen LogP contribution in [0.3, 0.4) is 0 Å². The highest BCUT2D eigenvalue weighted by Gasteiger charge is 2.14. The van der Waals surface area contributed by atoms with Gasteiger partial charge in [-0.25, -0.2) is 10.2 Å². The van der Waals surface area contributed by atoms with Crippen LogP contribution < -0.4 is 5.43 Å². The number of nitrogens with zero attached hydrogens (tertiary/aromatic N) is 3. The van der Waals surface area contributed by atoms with Gasteiger partial charge in [-0.15, -0.1) is 0 Å². The molecule has 0 bridgehead atoms. The maximum atomic E-state index is 11.8. The lowest BCUT2D eigenvalue weighted by Gasteiger charge is -2.02. The van der Waals surface area contributed by atoms with E-state index >= 15 is 0 Å². The highest BCUT2D eigenvalue weighted by molar-refractivity contribution is 5.90. The molecule has 2 aromatic heterocycles. The van der Waals surface area contributed by atoms with Crippen LogP contribution in [0.4, 0.5) is 5.88 Å². The molecular weight excluding hydrogens is 420 g/mol. The molecule has 0 saturated heterocycles. The molecule has 0 aliphatic carbocycles. The van der Waals surface area contributed by atoms with Crippen LogP contribution in [0.2, 0.25) is 0 Å². The number of benzene rings is 2. The maximum absolute atomic E-state index is 11.8. The second-order valence-corrected chi connectivity index (χ2v) is 7.04. The number of aryl methyl sites for hydroxylation is 1. The molecule has 0 atom stereocenters. The summed E-state index contributed by atoms with van der Waals surface area (Å²) in [6.45, 7) is 4.08. The largest absolute Gasteiger partial charge is 0.462 e. The monoisotopic (exact) mass is 440 g/mol. The summed E-state index contributed by atoms with van der Waals surface area (Å²) in [5, 5.41) is 13.4. The zero-order chi connectivity index (χ0) is 23.2. The van der Waals surface area contributed by atoms with Crippen molar-refractivity contribution in [2.45, 2.75) is 13.8 Å². The molecular formula is C25H20N4O4. The van der Waals surface area contributed by atoms with Gasteiger partial charge in [0.05, 0.1) is 18.4 Å². The van der Waals surface area contributed by atoms with Crippen molar-refractivity contribution < 1.29 is 18.4 Å². The van der Waals surface area contributed by atoms with Crippen molar-refractivity contribution in [1.82, 2.24) is 4.98 Å². The fourth-order valence-electron chi connectivity index (χ4n) is 3.01. The smallest absolute Gasteiger partial charge is 0.338 e. The molecule has 0 aliphatic heterocycles. The van der Waals surface area contributed by atoms with Crippen LogP contribution in [0.1, 0.15) is 34.3 Å². The third kappa shape index (κ3) is 4.99. The van der Waals surface area contributed by atoms with Crippen molar-refractivity contribution in [1.29, 1.82) is 5.26 Å². The first-order valence-electron chi connectivity index (χ1n) is 10.2. The lowest BCUT2D eigenvalue weighted by molar-refractivity contribution is 0.0526. The van der Waals surface area contributed by atoms with Gasteiger partial charge in [0.1, 0.15) is 17.6 Å². The Morgan fingerprint density at radius 2 is 1.82 bits per heavy atom. The molecule has 0 saturated carbocycles. The number of nitriles is 1. The standard InChI is InChI=1S/C25H20N4O4/c1-3-31-25(30)19-10-8-17(9-11-19)22-13-12-20(32-22)15-27-29-24-21(14-26)28-23(33-24)18-6-4-16(2)5-7-18/h4-13,15,29H,3H2,1-2H3/b27-15-. The molecule has 2 heterocycles. The normalized spacial score (nSPS) is 10.8. The molecule has 0 radical (unpaired) electrons. The topological polar surface area (TPSA) is 114 Å². The van der Waals surface area contributed by atoms with Crippen molar-refractivity contribution in [3.8, 4) is 28.8 Å². The molecule has 33 heavy (non-hydrogen) atoms. The molecule has 164 valence electrons. The van der Waals surface area contributed by atoms with E-state index in [1.807, 2.05) is 37.3 Å². The number of nitrogens with one attached hydrogen (secondary N) is 1. The summed E-state index contributed by atoms with van der Waals surface area (Å²) in [6, 6.07) is 20.1. The fourth-order valence-corrected chi connectivity index (χ4v) is 3.01. The van der Waals surface area contributed by atoms with Gasteiger partial charge in [-0.3, -0.25) is 0 Å². The quantitative estimate of drug-likeness (QED) is 0.232. The van der Waals surface area contributed by atoms with Gasteiger partial charge in [-0.1, -0.05) is 29.8 Å². The van der Waals surface area contributed by atoms with E-state index in [0.29, 0.717) is 29.6 Å². The Hall–Kier alpha value is -4.64. The zero-order valence-electron chi connectivity index (χ0n) is 18.0. The zero-order valence-corrected chi connectivity index (χ0v) is 18.0. The Kier molecular flexibility index (Phi) is 6.32. The highest BCUT2D eigenvalue weighted by atomic mass is 16.5. The van der Waals surface area contributed by atoms with Gasteiger partial charge in [0.2, 0.25) is 11.6 Å². The Morgan fingerprint density at radius 1 is 1.09 bits per heavy atom. The summed E-state index contributed by atoms with van der Waals surface area (Å²) in [7, 11) is 0. The third-order valence-electron chi connectivity index (χ3n) is 4.70. The number of aromatic nitrogens is 1. The van der Waals surface area contributed by atoms with E-state index in [-0.39, 0.29) is 17.5 Å². The van der Waals surface area contributed by atoms with Gasteiger partial charge in [-0.2, -0.15) is 15.3 Å². The Labute approximate surface area is 190 Å². The minimum absolute atomic E-state index is 0.101. The van der Waals surface area contributed by atoms with Crippen molar-refractivity contribution in [3.63, 3.8) is 0 Å². The summed E-state index contributed by atoms with van der Waals surface area (Å²) in [5.74, 6) is 1.22. The number of ether oxygens (including phenoxy) is 1. The Balaban J connectivity index is 1.44. The van der Waals surface area contributed by atoms with Crippen LogP contribution in [0.15, 0.2) is 74.6 Å². The lowest BCUT2D eigenvalue weighted by atomic mass is 10.1. The first-order valence-corrected chi connectivity index (χ1v) is 10.2. The number of hydrogen-bond donors (Lipinski definition) is 1. The summed E-state index contributed by atoms with van der Waals surface area (Å²) in [4.78, 5) is 16.0. The molecule has 0 aliphatic rings. The first-order chi connectivity index (χ1) is 16.1. The molecule has 4 aromatic rings. The number of furan rings is 1. The molecule has 4 rings (SSSR count). The second kappa shape index (κ2) is 9.66. The van der Waals surface area contributed by atoms with Crippen LogP contribution >= 0.6 is 0 Å². The van der Waals surface area contributed by atoms with Crippen molar-refractivity contribution in [2.75, 3.05) is 12.0 Å². The number of carbonyl (C=O) groups excluding carboxylic acids is 1. The van der Waals surface area contributed by atoms with Gasteiger partial charge >= 0.3 is 5.97 Å². The van der Waals surface area contributed by atoms with E-state index in [2.05, 4.69) is 15.5 Å². The van der Waals surface area contributed by atoms with Crippen LogP contribution in [-0.2, 0) is 4.74 Å². The van der Waals surface area contributed by atoms with Gasteiger partial charge in [0, 0.05) is 11.1 Å². The lowest BCUT2D eigenvalue weighted by Crippen LogP contribution is -2.03. The number of rotatable bonds is 7. The van der Waals surface area contributed by atoms with E-state index in [9.17, 15) is 10.1 Å². The molecule has 1 N–H and O–H groups in total. The number of carbonyl (C=O) groups is 1. The summed E-state index contributed by atoms with van der Waals surface area (Å²) in [5.41, 5.74) is 5.96. The second-order valence-electron chi connectivity index (χ2n) is 7.04. The summed E-state index contributed by atoms with van der Waals surface area (Å²) >= 11 is 0. The minimum atomic E-state index is -0.364. The molecule has 2 aromatic carbocycles. The average Bonchev–Trinajstić information content (AvgIpc) is 3.47. The molecule has 0 spiro atoms. The van der Waals surface area contributed by atoms with E-state index in [1.165, 1.54) is 6.21 Å². The van der Waals surface area contributed by atoms with E-state index in [0.717, 1.165) is 16.7 Å². The highest BCUT2D eigenvalue weighted by Crippen LogP contribution is 2.26. The van der Waals surface area contributed by atoms with E-state index < -0.39 is 0 Å². The molecule has 0 fully saturated rings. The summed E-state index contributed by atoms with van der Waals surface area (Å²) < 4.78 is 16.4. The number of oxazole rings is 1. The average molecular weight is 440 g/mol. The predicted molar refractivity (Wildman–Crippen MR) is 123 cm³/mol. The predicted octanol–water partition coefficient (Wildman–Crippen LogP) is 5.40. The van der Waals surface area contributed by atoms with Crippen LogP contribution in [0.5, 0.6) is 0 Å². The van der Waals surface area contributed by atoms with Crippen molar-refractivity contribution in [3.05, 3.63) is 83.2 Å². The molecule has 0 amide bonds. The number of anilines is 1. The Bertz CT molecular complexity index is 1330. The Morgan fingerprint density at radius 3 is 2.52 bits per heavy atom. The van der Waals surface area contributed by atoms with Crippen LogP contribution in [0.25, 0.3) is 22.8 Å². The minimum Gasteiger partial charge on any atom is -0.462 e. The maximum Gasteiger partial charge on any atom is 0.338 e. The van der Waals surface area contributed by atoms with E-state index in [1.54, 1.807) is 43.3 Å². The number of hydrogen-bond acceptors (Lipinski definition) is 8. The van der Waals surface area contributed by atoms with E-state index in [4.69, 9.17) is 13.6 Å². The third-order valence-corrected chi connectivity index (χ3v) is 4.70. The first kappa shape index (κ1) is 21.6. The van der Waals surface area contributed by atoms with Gasteiger partial charge in [-0.05, 0) is 50.2 Å². The fraction of sp³-hybridized carbons (Fsp3) is 0.120. The van der Waals surface area contributed by atoms with Gasteiger partial charge in [0.25, 0.3) is 5.88 Å². The van der Waals surface area contributed by atoms with Gasteiger partial charge < -0.3 is 13.6 Å². The van der Waals surface area contributed by atoms with Crippen LogP contribution in [0, 0.1) is 18.3 Å². The van der Waals surface area contributed by atoms with Gasteiger partial charge in [0.15, 0.2) is 0 Å². The number of esters is 1.